The van der Waals surface area contributed by atoms with Crippen LogP contribution in [0.1, 0.15) is 47.0 Å². The van der Waals surface area contributed by atoms with E-state index in [1.165, 1.54) is 57.1 Å². The molecule has 8 heteroatoms. The van der Waals surface area contributed by atoms with Crippen LogP contribution >= 0.6 is 0 Å². The van der Waals surface area contributed by atoms with E-state index in [2.05, 4.69) is 57.7 Å². The lowest BCUT2D eigenvalue weighted by molar-refractivity contribution is -0.116. The molecule has 2 aliphatic rings. The Morgan fingerprint density at radius 3 is 2.39 bits per heavy atom. The number of aromatic hydroxyl groups is 1. The summed E-state index contributed by atoms with van der Waals surface area (Å²) in [5.74, 6) is -0.591. The highest BCUT2D eigenvalue weighted by Gasteiger charge is 2.33. The fraction of sp³-hybridized carbons (Fsp3) is 0.515. The first-order valence-corrected chi connectivity index (χ1v) is 14.8. The predicted octanol–water partition coefficient (Wildman–Crippen LogP) is 5.18. The van der Waals surface area contributed by atoms with Crippen LogP contribution in [0.2, 0.25) is 0 Å². The van der Waals surface area contributed by atoms with Gasteiger partial charge in [0.1, 0.15) is 11.6 Å². The van der Waals surface area contributed by atoms with Crippen LogP contribution in [0.4, 0.5) is 4.39 Å². The van der Waals surface area contributed by atoms with Crippen LogP contribution in [0.15, 0.2) is 76.5 Å². The van der Waals surface area contributed by atoms with Crippen molar-refractivity contribution in [2.75, 3.05) is 52.9 Å². The van der Waals surface area contributed by atoms with Crippen molar-refractivity contribution in [1.82, 2.24) is 20.0 Å². The van der Waals surface area contributed by atoms with Gasteiger partial charge < -0.3 is 15.3 Å². The number of allylic oxidation sites excluding steroid dienone is 4. The highest BCUT2D eigenvalue weighted by Crippen LogP contribution is 2.26. The molecular formula is C33H50FN5O2. The number of benzene rings is 1. The number of phenolic OH excluding ortho intramolecular Hbond substituents is 1. The first kappa shape index (κ1) is 34.1. The van der Waals surface area contributed by atoms with E-state index in [0.29, 0.717) is 17.7 Å². The number of nitrogens with one attached hydrogen (secondary N) is 1. The molecular weight excluding hydrogens is 517 g/mol. The number of hydrogen-bond donors (Lipinski definition) is 2. The Bertz CT molecular complexity index is 1070. The highest BCUT2D eigenvalue weighted by atomic mass is 19.1. The van der Waals surface area contributed by atoms with Crippen LogP contribution in [0, 0.1) is 5.82 Å². The van der Waals surface area contributed by atoms with Gasteiger partial charge in [0, 0.05) is 57.6 Å². The molecule has 0 radical (unpaired) electrons. The van der Waals surface area contributed by atoms with Crippen molar-refractivity contribution < 1.29 is 14.3 Å². The third kappa shape index (κ3) is 10.7. The number of hydrogen-bond acceptors (Lipinski definition) is 6. The molecule has 41 heavy (non-hydrogen) atoms. The summed E-state index contributed by atoms with van der Waals surface area (Å²) >= 11 is 0. The van der Waals surface area contributed by atoms with E-state index in [9.17, 15) is 9.18 Å². The number of carbonyl (C=O) groups excluding carboxylic acids is 1. The van der Waals surface area contributed by atoms with Gasteiger partial charge in [-0.15, -0.1) is 0 Å². The van der Waals surface area contributed by atoms with Gasteiger partial charge in [0.25, 0.3) is 5.91 Å². The summed E-state index contributed by atoms with van der Waals surface area (Å²) in [6, 6.07) is 6.50. The predicted molar refractivity (Wildman–Crippen MR) is 169 cm³/mol. The SMILES string of the molecule is C=N\C=C(C(=O)NC)/C(=C/C)C(=C\C=C/C)/CN1CCN(C2CCN(CC)CC2)C(CC)C1.Oc1cccc(F)c1. The maximum atomic E-state index is 12.6. The smallest absolute Gasteiger partial charge is 0.253 e. The van der Waals surface area contributed by atoms with E-state index in [-0.39, 0.29) is 11.7 Å². The van der Waals surface area contributed by atoms with Crippen LogP contribution in [-0.2, 0) is 4.79 Å². The van der Waals surface area contributed by atoms with Crippen molar-refractivity contribution in [3.8, 4) is 5.75 Å². The molecule has 0 aliphatic carbocycles. The summed E-state index contributed by atoms with van der Waals surface area (Å²) in [4.78, 5) is 24.4. The van der Waals surface area contributed by atoms with Crippen molar-refractivity contribution >= 4 is 12.6 Å². The highest BCUT2D eigenvalue weighted by molar-refractivity contribution is 5.99. The summed E-state index contributed by atoms with van der Waals surface area (Å²) in [6.45, 7) is 19.8. The first-order chi connectivity index (χ1) is 19.8. The summed E-state index contributed by atoms with van der Waals surface area (Å²) in [6.07, 6.45) is 13.5. The molecule has 2 heterocycles. The Morgan fingerprint density at radius 2 is 1.88 bits per heavy atom. The van der Waals surface area contributed by atoms with Gasteiger partial charge in [0.15, 0.2) is 0 Å². The lowest BCUT2D eigenvalue weighted by Gasteiger charge is -2.47. The second-order valence-electron chi connectivity index (χ2n) is 10.4. The Labute approximate surface area is 246 Å². The Balaban J connectivity index is 0.000000629. The molecule has 0 aromatic heterocycles. The van der Waals surface area contributed by atoms with Crippen molar-refractivity contribution in [3.05, 3.63) is 77.3 Å². The van der Waals surface area contributed by atoms with Crippen LogP contribution in [0.3, 0.4) is 0 Å². The summed E-state index contributed by atoms with van der Waals surface area (Å²) in [5.41, 5.74) is 2.61. The normalized spacial score (nSPS) is 20.5. The van der Waals surface area contributed by atoms with Crippen molar-refractivity contribution in [1.29, 1.82) is 0 Å². The van der Waals surface area contributed by atoms with Crippen molar-refractivity contribution in [2.45, 2.75) is 59.0 Å². The first-order valence-electron chi connectivity index (χ1n) is 14.8. The van der Waals surface area contributed by atoms with Gasteiger partial charge >= 0.3 is 0 Å². The van der Waals surface area contributed by atoms with Crippen LogP contribution < -0.4 is 5.32 Å². The molecule has 1 unspecified atom stereocenters. The van der Waals surface area contributed by atoms with Crippen molar-refractivity contribution in [3.63, 3.8) is 0 Å². The third-order valence-corrected chi connectivity index (χ3v) is 7.87. The summed E-state index contributed by atoms with van der Waals surface area (Å²) < 4.78 is 12.0. The number of phenols is 1. The molecule has 2 N–H and O–H groups in total. The maximum absolute atomic E-state index is 12.6. The van der Waals surface area contributed by atoms with E-state index in [0.717, 1.165) is 43.4 Å². The average molecular weight is 568 g/mol. The Kier molecular flexibility index (Phi) is 15.3. The number of likely N-dealkylation sites (tertiary alicyclic amines) is 1. The van der Waals surface area contributed by atoms with Crippen molar-refractivity contribution in [2.24, 2.45) is 4.99 Å². The monoisotopic (exact) mass is 567 g/mol. The summed E-state index contributed by atoms with van der Waals surface area (Å²) in [5, 5.41) is 11.3. The minimum absolute atomic E-state index is 0.0370. The molecule has 1 aromatic carbocycles. The molecule has 3 rings (SSSR count). The second-order valence-corrected chi connectivity index (χ2v) is 10.4. The lowest BCUT2D eigenvalue weighted by Crippen LogP contribution is -2.58. The molecule has 1 atom stereocenters. The van der Waals surface area contributed by atoms with Crippen LogP contribution in [0.5, 0.6) is 5.75 Å². The molecule has 2 saturated heterocycles. The van der Waals surface area contributed by atoms with Gasteiger partial charge in [-0.3, -0.25) is 19.6 Å². The second kappa shape index (κ2) is 18.4. The third-order valence-electron chi connectivity index (χ3n) is 7.87. The van der Waals surface area contributed by atoms with E-state index in [1.54, 1.807) is 13.2 Å². The number of amides is 1. The van der Waals surface area contributed by atoms with Gasteiger partial charge in [-0.05, 0) is 82.7 Å². The van der Waals surface area contributed by atoms with Gasteiger partial charge in [0.2, 0.25) is 0 Å². The number of aliphatic imine (C=N–C) groups is 1. The standard InChI is InChI=1S/C27H45N5O.C6H5FO/c1-7-11-12-22(25(9-3)26(19-28-5)27(33)29-6)20-31-17-18-32(23(8-2)21-31)24-13-15-30(10-4)16-14-24;7-5-2-1-3-6(8)4-5/h7,9,11-12,19,23-24H,5,8,10,13-18,20-21H2,1-4,6H3,(H,29,33);1-4,8H/b11-7-,22-12-,25-9+,26-19+;. The Morgan fingerprint density at radius 1 is 1.15 bits per heavy atom. The molecule has 0 saturated carbocycles. The Hall–Kier alpha value is -3.07. The zero-order valence-corrected chi connectivity index (χ0v) is 25.7. The molecule has 1 aromatic rings. The van der Waals surface area contributed by atoms with E-state index in [1.807, 2.05) is 26.0 Å². The molecule has 2 fully saturated rings. The number of halogens is 1. The van der Waals surface area contributed by atoms with Gasteiger partial charge in [-0.1, -0.05) is 44.2 Å². The molecule has 226 valence electrons. The number of rotatable bonds is 10. The number of likely N-dealkylation sites (N-methyl/N-ethyl adjacent to an activating group) is 1. The zero-order chi connectivity index (χ0) is 30.2. The fourth-order valence-corrected chi connectivity index (χ4v) is 5.64. The fourth-order valence-electron chi connectivity index (χ4n) is 5.64. The van der Waals surface area contributed by atoms with Gasteiger partial charge in [0.05, 0.1) is 5.57 Å². The minimum Gasteiger partial charge on any atom is -0.508 e. The molecule has 1 amide bonds. The number of nitrogens with zero attached hydrogens (tertiary/aromatic N) is 4. The van der Waals surface area contributed by atoms with E-state index < -0.39 is 5.82 Å². The minimum atomic E-state index is -0.412. The summed E-state index contributed by atoms with van der Waals surface area (Å²) in [7, 11) is 1.65. The number of carbonyl (C=O) groups is 1. The quantitative estimate of drug-likeness (QED) is 0.232. The molecule has 7 nitrogen and oxygen atoms in total. The van der Waals surface area contributed by atoms with Gasteiger partial charge in [-0.25, -0.2) is 4.39 Å². The topological polar surface area (TPSA) is 71.4 Å². The number of piperidine rings is 1. The average Bonchev–Trinajstić information content (AvgIpc) is 2.99. The molecule has 2 aliphatic heterocycles. The van der Waals surface area contributed by atoms with E-state index >= 15 is 0 Å². The van der Waals surface area contributed by atoms with Crippen LogP contribution in [0.25, 0.3) is 0 Å². The lowest BCUT2D eigenvalue weighted by atomic mass is 9.94. The zero-order valence-electron chi connectivity index (χ0n) is 25.7. The molecule has 0 spiro atoms. The maximum Gasteiger partial charge on any atom is 0.253 e. The largest absolute Gasteiger partial charge is 0.508 e. The van der Waals surface area contributed by atoms with Gasteiger partial charge in [-0.2, -0.15) is 0 Å². The number of piperazine rings is 1. The van der Waals surface area contributed by atoms with E-state index in [4.69, 9.17) is 5.11 Å². The molecule has 0 bridgehead atoms. The van der Waals surface area contributed by atoms with Crippen LogP contribution in [-0.4, -0.2) is 97.4 Å².